The van der Waals surface area contributed by atoms with Gasteiger partial charge in [0.25, 0.3) is 5.69 Å². The van der Waals surface area contributed by atoms with Crippen LogP contribution in [0.25, 0.3) is 10.2 Å². The monoisotopic (exact) mass is 209 g/mol. The number of nitro benzene ring substituents is 1. The van der Waals surface area contributed by atoms with Gasteiger partial charge in [-0.05, 0) is 6.07 Å². The molecule has 0 saturated carbocycles. The molecule has 1 aromatic heterocycles. The van der Waals surface area contributed by atoms with Crippen LogP contribution in [0.15, 0.2) is 18.2 Å². The SMILES string of the molecule is CNc1nc2cc([N+](=O)[O-])ccc2s1. The fourth-order valence-electron chi connectivity index (χ4n) is 1.14. The number of nitro groups is 1. The van der Waals surface area contributed by atoms with E-state index in [2.05, 4.69) is 10.3 Å². The molecular formula is C8H7N3O2S. The van der Waals surface area contributed by atoms with Crippen molar-refractivity contribution in [2.45, 2.75) is 0 Å². The molecule has 0 fully saturated rings. The normalized spacial score (nSPS) is 10.4. The summed E-state index contributed by atoms with van der Waals surface area (Å²) in [6.07, 6.45) is 0. The quantitative estimate of drug-likeness (QED) is 0.608. The van der Waals surface area contributed by atoms with Crippen molar-refractivity contribution in [3.8, 4) is 0 Å². The van der Waals surface area contributed by atoms with Crippen molar-refractivity contribution in [2.24, 2.45) is 0 Å². The summed E-state index contributed by atoms with van der Waals surface area (Å²) >= 11 is 1.47. The van der Waals surface area contributed by atoms with Crippen LogP contribution in [0.4, 0.5) is 10.8 Å². The fraction of sp³-hybridized carbons (Fsp3) is 0.125. The molecule has 0 spiro atoms. The van der Waals surface area contributed by atoms with Crippen molar-refractivity contribution in [1.82, 2.24) is 4.98 Å². The Balaban J connectivity index is 2.59. The van der Waals surface area contributed by atoms with Gasteiger partial charge in [-0.25, -0.2) is 4.98 Å². The van der Waals surface area contributed by atoms with Gasteiger partial charge in [0.05, 0.1) is 15.1 Å². The van der Waals surface area contributed by atoms with E-state index in [1.807, 2.05) is 0 Å². The fourth-order valence-corrected chi connectivity index (χ4v) is 1.94. The predicted molar refractivity (Wildman–Crippen MR) is 55.8 cm³/mol. The summed E-state index contributed by atoms with van der Waals surface area (Å²) in [5.74, 6) is 0. The average Bonchev–Trinajstić information content (AvgIpc) is 2.58. The summed E-state index contributed by atoms with van der Waals surface area (Å²) in [7, 11) is 1.77. The number of anilines is 1. The first-order valence-corrected chi connectivity index (χ1v) is 4.75. The highest BCUT2D eigenvalue weighted by molar-refractivity contribution is 7.22. The molecule has 0 bridgehead atoms. The van der Waals surface area contributed by atoms with Crippen molar-refractivity contribution in [2.75, 3.05) is 12.4 Å². The number of nitrogens with zero attached hydrogens (tertiary/aromatic N) is 2. The van der Waals surface area contributed by atoms with Gasteiger partial charge in [0, 0.05) is 19.2 Å². The highest BCUT2D eigenvalue weighted by atomic mass is 32.1. The summed E-state index contributed by atoms with van der Waals surface area (Å²) in [4.78, 5) is 14.2. The number of thiazole rings is 1. The molecule has 0 radical (unpaired) electrons. The van der Waals surface area contributed by atoms with Crippen LogP contribution in [0, 0.1) is 10.1 Å². The average molecular weight is 209 g/mol. The van der Waals surface area contributed by atoms with E-state index in [9.17, 15) is 10.1 Å². The zero-order valence-corrected chi connectivity index (χ0v) is 8.17. The van der Waals surface area contributed by atoms with Gasteiger partial charge in [-0.15, -0.1) is 0 Å². The van der Waals surface area contributed by atoms with Crippen molar-refractivity contribution >= 4 is 32.4 Å². The number of non-ortho nitro benzene ring substituents is 1. The summed E-state index contributed by atoms with van der Waals surface area (Å²) in [6.45, 7) is 0. The molecular weight excluding hydrogens is 202 g/mol. The second-order valence-electron chi connectivity index (χ2n) is 2.68. The van der Waals surface area contributed by atoms with Crippen molar-refractivity contribution in [3.63, 3.8) is 0 Å². The zero-order valence-electron chi connectivity index (χ0n) is 7.35. The van der Waals surface area contributed by atoms with E-state index in [0.29, 0.717) is 5.52 Å². The lowest BCUT2D eigenvalue weighted by atomic mass is 10.3. The first-order valence-electron chi connectivity index (χ1n) is 3.93. The highest BCUT2D eigenvalue weighted by Crippen LogP contribution is 2.28. The van der Waals surface area contributed by atoms with E-state index in [1.165, 1.54) is 23.5 Å². The van der Waals surface area contributed by atoms with Crippen LogP contribution in [-0.4, -0.2) is 17.0 Å². The molecule has 0 aliphatic carbocycles. The third kappa shape index (κ3) is 1.39. The van der Waals surface area contributed by atoms with Gasteiger partial charge in [-0.3, -0.25) is 10.1 Å². The summed E-state index contributed by atoms with van der Waals surface area (Å²) in [6, 6.07) is 4.68. The Labute approximate surface area is 83.5 Å². The second kappa shape index (κ2) is 3.22. The largest absolute Gasteiger partial charge is 0.365 e. The molecule has 1 heterocycles. The van der Waals surface area contributed by atoms with Gasteiger partial charge in [0.1, 0.15) is 0 Å². The molecule has 1 N–H and O–H groups in total. The minimum absolute atomic E-state index is 0.0745. The second-order valence-corrected chi connectivity index (χ2v) is 3.71. The first kappa shape index (κ1) is 8.89. The molecule has 2 rings (SSSR count). The molecule has 6 heteroatoms. The van der Waals surface area contributed by atoms with Crippen LogP contribution >= 0.6 is 11.3 Å². The Morgan fingerprint density at radius 3 is 3.00 bits per heavy atom. The molecule has 0 atom stereocenters. The molecule has 1 aromatic carbocycles. The Morgan fingerprint density at radius 1 is 1.57 bits per heavy atom. The van der Waals surface area contributed by atoms with E-state index in [0.717, 1.165) is 9.83 Å². The molecule has 0 aliphatic heterocycles. The maximum Gasteiger partial charge on any atom is 0.271 e. The molecule has 0 saturated heterocycles. The standard InChI is InChI=1S/C8H7N3O2S/c1-9-8-10-6-4-5(11(12)13)2-3-7(6)14-8/h2-4H,1H3,(H,9,10). The summed E-state index contributed by atoms with van der Waals surface area (Å²) < 4.78 is 0.944. The van der Waals surface area contributed by atoms with Crippen LogP contribution in [0.1, 0.15) is 0 Å². The van der Waals surface area contributed by atoms with Crippen LogP contribution in [0.5, 0.6) is 0 Å². The Bertz CT molecular complexity index is 494. The molecule has 0 amide bonds. The van der Waals surface area contributed by atoms with E-state index < -0.39 is 4.92 Å². The summed E-state index contributed by atoms with van der Waals surface area (Å²) in [5.41, 5.74) is 0.735. The lowest BCUT2D eigenvalue weighted by molar-refractivity contribution is -0.384. The molecule has 0 unspecified atom stereocenters. The zero-order chi connectivity index (χ0) is 10.1. The number of fused-ring (bicyclic) bond motifs is 1. The van der Waals surface area contributed by atoms with E-state index in [4.69, 9.17) is 0 Å². The number of nitrogens with one attached hydrogen (secondary N) is 1. The lowest BCUT2D eigenvalue weighted by Crippen LogP contribution is -1.87. The van der Waals surface area contributed by atoms with Crippen LogP contribution in [-0.2, 0) is 0 Å². The van der Waals surface area contributed by atoms with E-state index in [-0.39, 0.29) is 5.69 Å². The van der Waals surface area contributed by atoms with Crippen molar-refractivity contribution in [3.05, 3.63) is 28.3 Å². The van der Waals surface area contributed by atoms with Crippen molar-refractivity contribution in [1.29, 1.82) is 0 Å². The number of aromatic nitrogens is 1. The van der Waals surface area contributed by atoms with E-state index in [1.54, 1.807) is 13.1 Å². The number of benzene rings is 1. The Kier molecular flexibility index (Phi) is 2.05. The lowest BCUT2D eigenvalue weighted by Gasteiger charge is -1.89. The van der Waals surface area contributed by atoms with Gasteiger partial charge in [0.2, 0.25) is 0 Å². The smallest absolute Gasteiger partial charge is 0.271 e. The van der Waals surface area contributed by atoms with Gasteiger partial charge >= 0.3 is 0 Å². The topological polar surface area (TPSA) is 68.1 Å². The van der Waals surface area contributed by atoms with Crippen LogP contribution < -0.4 is 5.32 Å². The maximum atomic E-state index is 10.5. The van der Waals surface area contributed by atoms with Gasteiger partial charge in [0.15, 0.2) is 5.13 Å². The maximum absolute atomic E-state index is 10.5. The minimum Gasteiger partial charge on any atom is -0.365 e. The van der Waals surface area contributed by atoms with Crippen LogP contribution in [0.3, 0.4) is 0 Å². The first-order chi connectivity index (χ1) is 6.70. The van der Waals surface area contributed by atoms with Crippen LogP contribution in [0.2, 0.25) is 0 Å². The third-order valence-corrected chi connectivity index (χ3v) is 2.85. The molecule has 5 nitrogen and oxygen atoms in total. The molecule has 2 aromatic rings. The predicted octanol–water partition coefficient (Wildman–Crippen LogP) is 2.25. The van der Waals surface area contributed by atoms with Gasteiger partial charge < -0.3 is 5.32 Å². The molecule has 0 aliphatic rings. The molecule has 72 valence electrons. The number of hydrogen-bond donors (Lipinski definition) is 1. The Hall–Kier alpha value is -1.69. The number of rotatable bonds is 2. The highest BCUT2D eigenvalue weighted by Gasteiger charge is 2.09. The third-order valence-electron chi connectivity index (χ3n) is 1.80. The molecule has 14 heavy (non-hydrogen) atoms. The van der Waals surface area contributed by atoms with Gasteiger partial charge in [-0.1, -0.05) is 11.3 Å². The number of hydrogen-bond acceptors (Lipinski definition) is 5. The minimum atomic E-state index is -0.419. The van der Waals surface area contributed by atoms with Gasteiger partial charge in [-0.2, -0.15) is 0 Å². The van der Waals surface area contributed by atoms with Crippen molar-refractivity contribution < 1.29 is 4.92 Å². The van der Waals surface area contributed by atoms with E-state index >= 15 is 0 Å². The summed E-state index contributed by atoms with van der Waals surface area (Å²) in [5, 5.41) is 14.2. The Morgan fingerprint density at radius 2 is 2.36 bits per heavy atom.